The molecule has 1 aromatic carbocycles. The molecule has 0 aromatic heterocycles. The number of rotatable bonds is 7. The summed E-state index contributed by atoms with van der Waals surface area (Å²) in [6.45, 7) is 0.549. The Bertz CT molecular complexity index is 392. The second kappa shape index (κ2) is 7.56. The third-order valence-electron chi connectivity index (χ3n) is 3.50. The third-order valence-corrected chi connectivity index (χ3v) is 4.52. The molecule has 2 rings (SSSR count). The molecule has 1 amide bonds. The number of aliphatic hydroxyl groups excluding tert-OH is 1. The van der Waals surface area contributed by atoms with Gasteiger partial charge in [-0.1, -0.05) is 18.2 Å². The summed E-state index contributed by atoms with van der Waals surface area (Å²) < 4.78 is 0. The minimum absolute atomic E-state index is 0.0636. The fourth-order valence-electron chi connectivity index (χ4n) is 2.23. The quantitative estimate of drug-likeness (QED) is 0.780. The molecule has 0 unspecified atom stereocenters. The second-order valence-corrected chi connectivity index (χ2v) is 5.98. The van der Waals surface area contributed by atoms with Crippen LogP contribution in [0.3, 0.4) is 0 Å². The number of hydrogen-bond acceptors (Lipinski definition) is 3. The van der Waals surface area contributed by atoms with Gasteiger partial charge in [0.05, 0.1) is 6.61 Å². The number of carbonyl (C=O) groups excluding carboxylic acids is 1. The van der Waals surface area contributed by atoms with E-state index in [2.05, 4.69) is 12.1 Å². The molecule has 1 saturated carbocycles. The van der Waals surface area contributed by atoms with Crippen LogP contribution in [0.15, 0.2) is 35.2 Å². The predicted molar refractivity (Wildman–Crippen MR) is 78.2 cm³/mol. The highest BCUT2D eigenvalue weighted by Gasteiger charge is 2.27. The van der Waals surface area contributed by atoms with Crippen molar-refractivity contribution in [3.63, 3.8) is 0 Å². The van der Waals surface area contributed by atoms with Crippen LogP contribution in [-0.4, -0.2) is 40.9 Å². The zero-order chi connectivity index (χ0) is 13.5. The van der Waals surface area contributed by atoms with Crippen LogP contribution in [0.5, 0.6) is 0 Å². The van der Waals surface area contributed by atoms with Crippen molar-refractivity contribution in [3.8, 4) is 0 Å². The summed E-state index contributed by atoms with van der Waals surface area (Å²) in [5, 5.41) is 9.06. The summed E-state index contributed by atoms with van der Waals surface area (Å²) >= 11 is 1.71. The van der Waals surface area contributed by atoms with Crippen LogP contribution in [0.2, 0.25) is 0 Å². The second-order valence-electron chi connectivity index (χ2n) is 4.81. The summed E-state index contributed by atoms with van der Waals surface area (Å²) in [6.07, 6.45) is 3.95. The summed E-state index contributed by atoms with van der Waals surface area (Å²) in [4.78, 5) is 15.2. The molecule has 1 aliphatic carbocycles. The van der Waals surface area contributed by atoms with Crippen LogP contribution in [0.1, 0.15) is 25.7 Å². The lowest BCUT2D eigenvalue weighted by molar-refractivity contribution is -0.135. The number of hydrogen-bond donors (Lipinski definition) is 1. The van der Waals surface area contributed by atoms with Gasteiger partial charge in [0.2, 0.25) is 5.91 Å². The lowest BCUT2D eigenvalue weighted by atomic mass is 9.91. The maximum atomic E-state index is 12.2. The molecule has 0 atom stereocenters. The molecule has 1 fully saturated rings. The summed E-state index contributed by atoms with van der Waals surface area (Å²) in [5.41, 5.74) is 0. The van der Waals surface area contributed by atoms with E-state index in [9.17, 15) is 4.79 Å². The van der Waals surface area contributed by atoms with Gasteiger partial charge in [-0.05, 0) is 31.4 Å². The molecule has 0 bridgehead atoms. The highest BCUT2D eigenvalue weighted by Crippen LogP contribution is 2.26. The molecule has 0 spiro atoms. The van der Waals surface area contributed by atoms with Crippen molar-refractivity contribution in [2.24, 2.45) is 0 Å². The van der Waals surface area contributed by atoms with Gasteiger partial charge in [0, 0.05) is 29.7 Å². The van der Waals surface area contributed by atoms with Crippen LogP contribution in [0, 0.1) is 0 Å². The highest BCUT2D eigenvalue weighted by atomic mass is 32.2. The van der Waals surface area contributed by atoms with Crippen molar-refractivity contribution >= 4 is 17.7 Å². The highest BCUT2D eigenvalue weighted by molar-refractivity contribution is 7.99. The number of amides is 1. The first-order valence-electron chi connectivity index (χ1n) is 6.89. The van der Waals surface area contributed by atoms with E-state index in [0.29, 0.717) is 19.0 Å². The fraction of sp³-hybridized carbons (Fsp3) is 0.533. The van der Waals surface area contributed by atoms with Gasteiger partial charge in [0.15, 0.2) is 0 Å². The van der Waals surface area contributed by atoms with Gasteiger partial charge in [-0.2, -0.15) is 0 Å². The smallest absolute Gasteiger partial charge is 0.223 e. The molecule has 0 heterocycles. The summed E-state index contributed by atoms with van der Waals surface area (Å²) in [6, 6.07) is 10.5. The van der Waals surface area contributed by atoms with E-state index >= 15 is 0 Å². The zero-order valence-corrected chi connectivity index (χ0v) is 11.9. The third kappa shape index (κ3) is 4.25. The molecular weight excluding hydrogens is 258 g/mol. The molecule has 0 radical (unpaired) electrons. The van der Waals surface area contributed by atoms with Gasteiger partial charge >= 0.3 is 0 Å². The molecule has 19 heavy (non-hydrogen) atoms. The molecule has 4 heteroatoms. The topological polar surface area (TPSA) is 40.5 Å². The van der Waals surface area contributed by atoms with Gasteiger partial charge in [0.1, 0.15) is 0 Å². The number of nitrogens with zero attached hydrogens (tertiary/aromatic N) is 1. The van der Waals surface area contributed by atoms with E-state index < -0.39 is 0 Å². The molecule has 1 aliphatic rings. The summed E-state index contributed by atoms with van der Waals surface area (Å²) in [5.74, 6) is 0.986. The van der Waals surface area contributed by atoms with Crippen LogP contribution in [0.4, 0.5) is 0 Å². The fourth-order valence-corrected chi connectivity index (χ4v) is 3.10. The van der Waals surface area contributed by atoms with Crippen LogP contribution >= 0.6 is 11.8 Å². The van der Waals surface area contributed by atoms with Gasteiger partial charge in [-0.3, -0.25) is 4.79 Å². The SMILES string of the molecule is O=C(CCSc1ccccc1)N(CCO)C1CCC1. The van der Waals surface area contributed by atoms with E-state index in [4.69, 9.17) is 5.11 Å². The maximum Gasteiger partial charge on any atom is 0.223 e. The number of thioether (sulfide) groups is 1. The van der Waals surface area contributed by atoms with E-state index in [1.165, 1.54) is 11.3 Å². The van der Waals surface area contributed by atoms with Crippen molar-refractivity contribution in [1.29, 1.82) is 0 Å². The number of aliphatic hydroxyl groups is 1. The lowest BCUT2D eigenvalue weighted by Crippen LogP contribution is -2.45. The lowest BCUT2D eigenvalue weighted by Gasteiger charge is -2.37. The van der Waals surface area contributed by atoms with Crippen molar-refractivity contribution in [1.82, 2.24) is 4.90 Å². The minimum atomic E-state index is 0.0636. The van der Waals surface area contributed by atoms with Gasteiger partial charge < -0.3 is 10.0 Å². The van der Waals surface area contributed by atoms with Crippen molar-refractivity contribution < 1.29 is 9.90 Å². The number of benzene rings is 1. The standard InChI is InChI=1S/C15H21NO2S/c17-11-10-16(13-5-4-6-13)15(18)9-12-19-14-7-2-1-3-8-14/h1-3,7-8,13,17H,4-6,9-12H2. The van der Waals surface area contributed by atoms with E-state index in [-0.39, 0.29) is 12.5 Å². The molecule has 3 nitrogen and oxygen atoms in total. The average Bonchev–Trinajstić information content (AvgIpc) is 2.37. The zero-order valence-electron chi connectivity index (χ0n) is 11.1. The molecule has 0 aliphatic heterocycles. The Hall–Kier alpha value is -1.00. The van der Waals surface area contributed by atoms with Gasteiger partial charge in [-0.15, -0.1) is 11.8 Å². The first-order chi connectivity index (χ1) is 9.31. The first-order valence-corrected chi connectivity index (χ1v) is 7.88. The van der Waals surface area contributed by atoms with Gasteiger partial charge in [-0.25, -0.2) is 0 Å². The summed E-state index contributed by atoms with van der Waals surface area (Å²) in [7, 11) is 0. The molecule has 104 valence electrons. The molecule has 1 N–H and O–H groups in total. The molecular formula is C15H21NO2S. The Balaban J connectivity index is 1.75. The van der Waals surface area contributed by atoms with E-state index in [1.54, 1.807) is 11.8 Å². The Morgan fingerprint density at radius 3 is 2.63 bits per heavy atom. The predicted octanol–water partition coefficient (Wildman–Crippen LogP) is 2.54. The Kier molecular flexibility index (Phi) is 5.73. The van der Waals surface area contributed by atoms with Crippen LogP contribution in [0.25, 0.3) is 0 Å². The molecule has 1 aromatic rings. The monoisotopic (exact) mass is 279 g/mol. The van der Waals surface area contributed by atoms with E-state index in [0.717, 1.165) is 18.6 Å². The Labute approximate surface area is 119 Å². The van der Waals surface area contributed by atoms with Crippen molar-refractivity contribution in [2.45, 2.75) is 36.6 Å². The maximum absolute atomic E-state index is 12.2. The minimum Gasteiger partial charge on any atom is -0.395 e. The normalized spacial score (nSPS) is 15.0. The first kappa shape index (κ1) is 14.4. The van der Waals surface area contributed by atoms with E-state index in [1.807, 2.05) is 23.1 Å². The van der Waals surface area contributed by atoms with Crippen molar-refractivity contribution in [3.05, 3.63) is 30.3 Å². The van der Waals surface area contributed by atoms with Crippen LogP contribution < -0.4 is 0 Å². The van der Waals surface area contributed by atoms with Crippen molar-refractivity contribution in [2.75, 3.05) is 18.9 Å². The van der Waals surface area contributed by atoms with Crippen LogP contribution in [-0.2, 0) is 4.79 Å². The molecule has 0 saturated heterocycles. The Morgan fingerprint density at radius 2 is 2.05 bits per heavy atom. The average molecular weight is 279 g/mol. The largest absolute Gasteiger partial charge is 0.395 e. The van der Waals surface area contributed by atoms with Gasteiger partial charge in [0.25, 0.3) is 0 Å². The number of carbonyl (C=O) groups is 1. The Morgan fingerprint density at radius 1 is 1.32 bits per heavy atom.